The SMILES string of the molecule is CC(C)(C)c1ccc(C(=O)C2CCCN(C(=O)C[n+]3cc(=O)o[nH]3)C2)cc1. The van der Waals surface area contributed by atoms with Crippen LogP contribution in [0.25, 0.3) is 0 Å². The molecule has 1 fully saturated rings. The first-order chi connectivity index (χ1) is 12.7. The lowest BCUT2D eigenvalue weighted by atomic mass is 9.85. The largest absolute Gasteiger partial charge is 0.426 e. The van der Waals surface area contributed by atoms with Gasteiger partial charge in [-0.1, -0.05) is 49.7 Å². The normalized spacial score (nSPS) is 17.7. The minimum absolute atomic E-state index is 0.00701. The summed E-state index contributed by atoms with van der Waals surface area (Å²) < 4.78 is 5.87. The van der Waals surface area contributed by atoms with E-state index in [1.165, 1.54) is 16.4 Å². The minimum Gasteiger partial charge on any atom is -0.336 e. The van der Waals surface area contributed by atoms with Crippen LogP contribution in [-0.4, -0.2) is 35.0 Å². The Kier molecular flexibility index (Phi) is 5.30. The molecule has 2 aromatic rings. The Bertz CT molecular complexity index is 874. The fourth-order valence-electron chi connectivity index (χ4n) is 3.40. The number of ketones is 1. The lowest BCUT2D eigenvalue weighted by Crippen LogP contribution is -2.49. The van der Waals surface area contributed by atoms with Gasteiger partial charge in [0, 0.05) is 24.6 Å². The minimum atomic E-state index is -0.534. The van der Waals surface area contributed by atoms with Crippen LogP contribution in [0.4, 0.5) is 0 Å². The van der Waals surface area contributed by atoms with Crippen molar-refractivity contribution in [3.8, 4) is 0 Å². The number of Topliss-reactive ketones (excluding diaryl/α,β-unsaturated/α-hetero) is 1. The molecule has 1 aliphatic rings. The Balaban J connectivity index is 1.65. The molecule has 3 rings (SSSR count). The van der Waals surface area contributed by atoms with Crippen LogP contribution in [0.1, 0.15) is 49.5 Å². The van der Waals surface area contributed by atoms with Crippen LogP contribution in [0.2, 0.25) is 0 Å². The van der Waals surface area contributed by atoms with Crippen molar-refractivity contribution in [3.63, 3.8) is 0 Å². The number of benzene rings is 1. The number of amides is 1. The number of nitrogens with one attached hydrogen (secondary N) is 1. The summed E-state index contributed by atoms with van der Waals surface area (Å²) in [6, 6.07) is 7.78. The highest BCUT2D eigenvalue weighted by atomic mass is 16.5. The van der Waals surface area contributed by atoms with Crippen LogP contribution < -0.4 is 10.3 Å². The highest BCUT2D eigenvalue weighted by molar-refractivity contribution is 5.98. The average Bonchev–Trinajstić information content (AvgIpc) is 3.05. The number of carbonyl (C=O) groups is 2. The van der Waals surface area contributed by atoms with Crippen molar-refractivity contribution in [1.29, 1.82) is 0 Å². The van der Waals surface area contributed by atoms with E-state index in [1.54, 1.807) is 4.90 Å². The summed E-state index contributed by atoms with van der Waals surface area (Å²) in [5.41, 5.74) is 1.39. The molecule has 1 aliphatic heterocycles. The van der Waals surface area contributed by atoms with Crippen LogP contribution in [0, 0.1) is 5.92 Å². The van der Waals surface area contributed by atoms with Gasteiger partial charge in [-0.15, -0.1) is 0 Å². The fraction of sp³-hybridized carbons (Fsp3) is 0.500. The van der Waals surface area contributed by atoms with E-state index in [9.17, 15) is 14.4 Å². The molecule has 0 bridgehead atoms. The van der Waals surface area contributed by atoms with Crippen molar-refractivity contribution in [1.82, 2.24) is 10.2 Å². The summed E-state index contributed by atoms with van der Waals surface area (Å²) in [7, 11) is 0. The molecule has 27 heavy (non-hydrogen) atoms. The van der Waals surface area contributed by atoms with Gasteiger partial charge in [-0.05, 0) is 29.1 Å². The molecule has 1 aromatic carbocycles. The van der Waals surface area contributed by atoms with E-state index in [2.05, 4.69) is 30.6 Å². The average molecular weight is 372 g/mol. The third-order valence-electron chi connectivity index (χ3n) is 5.01. The predicted molar refractivity (Wildman–Crippen MR) is 98.3 cm³/mol. The molecule has 0 radical (unpaired) electrons. The second kappa shape index (κ2) is 7.50. The summed E-state index contributed by atoms with van der Waals surface area (Å²) in [6.45, 7) is 7.43. The monoisotopic (exact) mass is 372 g/mol. The molecule has 1 amide bonds. The Labute approximate surface area is 157 Å². The lowest BCUT2D eigenvalue weighted by molar-refractivity contribution is -0.751. The van der Waals surface area contributed by atoms with E-state index >= 15 is 0 Å². The topological polar surface area (TPSA) is 87.3 Å². The summed E-state index contributed by atoms with van der Waals surface area (Å²) in [6.07, 6.45) is 2.76. The molecule has 2 heterocycles. The first kappa shape index (κ1) is 19.1. The Morgan fingerprint density at radius 1 is 1.26 bits per heavy atom. The van der Waals surface area contributed by atoms with Crippen LogP contribution in [0.5, 0.6) is 0 Å². The van der Waals surface area contributed by atoms with Gasteiger partial charge < -0.3 is 4.90 Å². The number of aromatic nitrogens is 2. The predicted octanol–water partition coefficient (Wildman–Crippen LogP) is 1.67. The van der Waals surface area contributed by atoms with Gasteiger partial charge in [0.1, 0.15) is 0 Å². The number of piperidine rings is 1. The van der Waals surface area contributed by atoms with Gasteiger partial charge in [-0.25, -0.2) is 4.79 Å². The number of nitrogens with zero attached hydrogens (tertiary/aromatic N) is 2. The summed E-state index contributed by atoms with van der Waals surface area (Å²) in [5, 5.41) is 2.37. The van der Waals surface area contributed by atoms with E-state index in [0.717, 1.165) is 12.8 Å². The van der Waals surface area contributed by atoms with E-state index < -0.39 is 5.63 Å². The number of rotatable bonds is 4. The molecule has 0 spiro atoms. The van der Waals surface area contributed by atoms with E-state index in [1.807, 2.05) is 24.3 Å². The molecule has 7 heteroatoms. The Morgan fingerprint density at radius 2 is 1.96 bits per heavy atom. The summed E-state index contributed by atoms with van der Waals surface area (Å²) in [4.78, 5) is 38.1. The van der Waals surface area contributed by atoms with Gasteiger partial charge in [-0.2, -0.15) is 0 Å². The number of aromatic amines is 1. The summed E-state index contributed by atoms with van der Waals surface area (Å²) in [5.74, 6) is -0.258. The lowest BCUT2D eigenvalue weighted by Gasteiger charge is -2.31. The van der Waals surface area contributed by atoms with Crippen molar-refractivity contribution in [2.24, 2.45) is 5.92 Å². The van der Waals surface area contributed by atoms with Gasteiger partial charge in [-0.3, -0.25) is 14.1 Å². The van der Waals surface area contributed by atoms with Crippen LogP contribution in [0.15, 0.2) is 39.8 Å². The number of likely N-dealkylation sites (tertiary alicyclic amines) is 1. The number of hydrogen-bond donors (Lipinski definition) is 1. The first-order valence-corrected chi connectivity index (χ1v) is 9.24. The van der Waals surface area contributed by atoms with Crippen molar-refractivity contribution in [2.45, 2.75) is 45.6 Å². The maximum Gasteiger partial charge on any atom is 0.426 e. The van der Waals surface area contributed by atoms with Gasteiger partial charge in [0.15, 0.2) is 5.78 Å². The first-order valence-electron chi connectivity index (χ1n) is 9.24. The Hall–Kier alpha value is -2.70. The second-order valence-corrected chi connectivity index (χ2v) is 8.14. The van der Waals surface area contributed by atoms with Crippen LogP contribution >= 0.6 is 0 Å². The zero-order valence-corrected chi connectivity index (χ0v) is 16.0. The molecule has 1 saturated heterocycles. The third kappa shape index (κ3) is 4.53. The smallest absolute Gasteiger partial charge is 0.336 e. The number of hydrogen-bond acceptors (Lipinski definition) is 4. The maximum atomic E-state index is 12.9. The molecular weight excluding hydrogens is 346 g/mol. The van der Waals surface area contributed by atoms with Gasteiger partial charge >= 0.3 is 5.63 Å². The van der Waals surface area contributed by atoms with Crippen molar-refractivity contribution in [3.05, 3.63) is 52.0 Å². The van der Waals surface area contributed by atoms with Gasteiger partial charge in [0.25, 0.3) is 18.6 Å². The quantitative estimate of drug-likeness (QED) is 0.653. The molecule has 1 N–H and O–H groups in total. The zero-order chi connectivity index (χ0) is 19.6. The molecule has 1 aromatic heterocycles. The Morgan fingerprint density at radius 3 is 2.56 bits per heavy atom. The fourth-order valence-corrected chi connectivity index (χ4v) is 3.40. The molecule has 0 saturated carbocycles. The molecule has 1 atom stereocenters. The van der Waals surface area contributed by atoms with Crippen molar-refractivity contribution >= 4 is 11.7 Å². The van der Waals surface area contributed by atoms with Crippen LogP contribution in [0.3, 0.4) is 0 Å². The highest BCUT2D eigenvalue weighted by Gasteiger charge is 2.30. The van der Waals surface area contributed by atoms with Crippen LogP contribution in [-0.2, 0) is 16.8 Å². The number of carbonyl (C=O) groups excluding carboxylic acids is 2. The van der Waals surface area contributed by atoms with E-state index in [-0.39, 0.29) is 29.6 Å². The van der Waals surface area contributed by atoms with Crippen molar-refractivity contribution in [2.75, 3.05) is 13.1 Å². The van der Waals surface area contributed by atoms with Crippen molar-refractivity contribution < 1.29 is 18.8 Å². The number of H-pyrrole nitrogens is 1. The highest BCUT2D eigenvalue weighted by Crippen LogP contribution is 2.25. The second-order valence-electron chi connectivity index (χ2n) is 8.14. The standard InChI is InChI=1S/C20H25N3O4/c1-20(2,3)16-8-6-14(7-9-16)19(26)15-5-4-10-22(11-15)17(24)12-23-13-18(25)27-21-23/h6-9,13,15H,4-5,10-12H2,1-3H3/p+1. The third-order valence-corrected chi connectivity index (χ3v) is 5.01. The molecule has 7 nitrogen and oxygen atoms in total. The molecular formula is C20H26N3O4+. The molecule has 1 unspecified atom stereocenters. The maximum absolute atomic E-state index is 12.9. The zero-order valence-electron chi connectivity index (χ0n) is 16.0. The van der Waals surface area contributed by atoms with E-state index in [0.29, 0.717) is 18.7 Å². The van der Waals surface area contributed by atoms with E-state index in [4.69, 9.17) is 0 Å². The molecule has 0 aliphatic carbocycles. The molecule has 144 valence electrons. The summed E-state index contributed by atoms with van der Waals surface area (Å²) >= 11 is 0. The van der Waals surface area contributed by atoms with Gasteiger partial charge in [0.2, 0.25) is 0 Å². The van der Waals surface area contributed by atoms with Gasteiger partial charge in [0.05, 0.1) is 0 Å².